The minimum Gasteiger partial charge on any atom is -0.308 e. The Kier molecular flexibility index (Phi) is 4.57. The van der Waals surface area contributed by atoms with Crippen molar-refractivity contribution in [2.24, 2.45) is 5.92 Å². The molecule has 16 heavy (non-hydrogen) atoms. The SMILES string of the molecule is C=C(CNC(C)(C)C)CN1CC(C)CC1C. The molecular weight excluding hydrogens is 196 g/mol. The van der Waals surface area contributed by atoms with E-state index >= 15 is 0 Å². The van der Waals surface area contributed by atoms with Crippen molar-refractivity contribution >= 4 is 0 Å². The van der Waals surface area contributed by atoms with E-state index in [1.165, 1.54) is 18.5 Å². The van der Waals surface area contributed by atoms with E-state index in [9.17, 15) is 0 Å². The molecule has 1 N–H and O–H groups in total. The van der Waals surface area contributed by atoms with E-state index in [0.717, 1.165) is 25.0 Å². The van der Waals surface area contributed by atoms with Crippen LogP contribution in [0.2, 0.25) is 0 Å². The van der Waals surface area contributed by atoms with E-state index in [1.807, 2.05) is 0 Å². The molecule has 0 aromatic rings. The molecular formula is C14H28N2. The fraction of sp³-hybridized carbons (Fsp3) is 0.857. The van der Waals surface area contributed by atoms with Gasteiger partial charge in [0, 0.05) is 31.2 Å². The summed E-state index contributed by atoms with van der Waals surface area (Å²) in [6.07, 6.45) is 1.33. The first kappa shape index (κ1) is 13.7. The second-order valence-electron chi connectivity index (χ2n) is 6.47. The van der Waals surface area contributed by atoms with E-state index in [0.29, 0.717) is 0 Å². The second-order valence-corrected chi connectivity index (χ2v) is 6.47. The predicted octanol–water partition coefficient (Wildman–Crippen LogP) is 2.66. The Morgan fingerprint density at radius 3 is 2.44 bits per heavy atom. The molecule has 0 spiro atoms. The van der Waals surface area contributed by atoms with Crippen LogP contribution in [0.5, 0.6) is 0 Å². The highest BCUT2D eigenvalue weighted by Gasteiger charge is 2.26. The Bertz CT molecular complexity index is 240. The van der Waals surface area contributed by atoms with Crippen LogP contribution in [0.25, 0.3) is 0 Å². The van der Waals surface area contributed by atoms with Gasteiger partial charge in [0.05, 0.1) is 0 Å². The highest BCUT2D eigenvalue weighted by atomic mass is 15.2. The molecule has 2 unspecified atom stereocenters. The first-order chi connectivity index (χ1) is 7.28. The van der Waals surface area contributed by atoms with Crippen LogP contribution in [-0.2, 0) is 0 Å². The number of hydrogen-bond donors (Lipinski definition) is 1. The molecule has 1 aliphatic rings. The minimum absolute atomic E-state index is 0.187. The molecule has 0 aliphatic carbocycles. The smallest absolute Gasteiger partial charge is 0.0205 e. The lowest BCUT2D eigenvalue weighted by Gasteiger charge is -2.25. The molecule has 1 fully saturated rings. The van der Waals surface area contributed by atoms with Crippen molar-refractivity contribution in [1.29, 1.82) is 0 Å². The largest absolute Gasteiger partial charge is 0.308 e. The van der Waals surface area contributed by atoms with Gasteiger partial charge in [0.1, 0.15) is 0 Å². The number of nitrogens with one attached hydrogen (secondary N) is 1. The van der Waals surface area contributed by atoms with Crippen molar-refractivity contribution in [3.63, 3.8) is 0 Å². The molecule has 0 saturated carbocycles. The minimum atomic E-state index is 0.187. The van der Waals surface area contributed by atoms with Gasteiger partial charge in [0.25, 0.3) is 0 Å². The van der Waals surface area contributed by atoms with Crippen LogP contribution in [0.3, 0.4) is 0 Å². The molecule has 1 heterocycles. The van der Waals surface area contributed by atoms with Crippen LogP contribution in [0.1, 0.15) is 41.0 Å². The average molecular weight is 224 g/mol. The Balaban J connectivity index is 2.29. The van der Waals surface area contributed by atoms with Crippen LogP contribution in [-0.4, -0.2) is 36.1 Å². The third kappa shape index (κ3) is 4.67. The second kappa shape index (κ2) is 5.33. The summed E-state index contributed by atoms with van der Waals surface area (Å²) < 4.78 is 0. The number of likely N-dealkylation sites (tertiary alicyclic amines) is 1. The van der Waals surface area contributed by atoms with Gasteiger partial charge in [-0.05, 0) is 45.6 Å². The third-order valence-electron chi connectivity index (χ3n) is 3.21. The first-order valence-electron chi connectivity index (χ1n) is 6.43. The Labute approximate surface area is 101 Å². The molecule has 0 radical (unpaired) electrons. The van der Waals surface area contributed by atoms with Gasteiger partial charge in [-0.1, -0.05) is 13.5 Å². The van der Waals surface area contributed by atoms with E-state index in [4.69, 9.17) is 0 Å². The van der Waals surface area contributed by atoms with Gasteiger partial charge in [-0.25, -0.2) is 0 Å². The monoisotopic (exact) mass is 224 g/mol. The number of nitrogens with zero attached hydrogens (tertiary/aromatic N) is 1. The van der Waals surface area contributed by atoms with Gasteiger partial charge in [-0.15, -0.1) is 0 Å². The molecule has 2 heteroatoms. The molecule has 1 saturated heterocycles. The lowest BCUT2D eigenvalue weighted by Crippen LogP contribution is -2.39. The van der Waals surface area contributed by atoms with E-state index in [2.05, 4.69) is 51.4 Å². The molecule has 0 amide bonds. The van der Waals surface area contributed by atoms with Crippen molar-refractivity contribution in [1.82, 2.24) is 10.2 Å². The van der Waals surface area contributed by atoms with Crippen LogP contribution in [0, 0.1) is 5.92 Å². The summed E-state index contributed by atoms with van der Waals surface area (Å²) in [6, 6.07) is 0.724. The molecule has 1 rings (SSSR count). The lowest BCUT2D eigenvalue weighted by molar-refractivity contribution is 0.284. The molecule has 2 nitrogen and oxygen atoms in total. The van der Waals surface area contributed by atoms with Gasteiger partial charge in [0.15, 0.2) is 0 Å². The zero-order chi connectivity index (χ0) is 12.3. The van der Waals surface area contributed by atoms with E-state index in [1.54, 1.807) is 0 Å². The van der Waals surface area contributed by atoms with Gasteiger partial charge in [0.2, 0.25) is 0 Å². The highest BCUT2D eigenvalue weighted by molar-refractivity contribution is 5.03. The molecule has 1 aliphatic heterocycles. The van der Waals surface area contributed by atoms with Crippen LogP contribution >= 0.6 is 0 Å². The summed E-state index contributed by atoms with van der Waals surface area (Å²) in [7, 11) is 0. The summed E-state index contributed by atoms with van der Waals surface area (Å²) in [4.78, 5) is 2.55. The fourth-order valence-electron chi connectivity index (χ4n) is 2.34. The normalized spacial score (nSPS) is 27.3. The van der Waals surface area contributed by atoms with Gasteiger partial charge >= 0.3 is 0 Å². The van der Waals surface area contributed by atoms with Crippen molar-refractivity contribution in [3.8, 4) is 0 Å². The highest BCUT2D eigenvalue weighted by Crippen LogP contribution is 2.22. The van der Waals surface area contributed by atoms with Gasteiger partial charge < -0.3 is 5.32 Å². The lowest BCUT2D eigenvalue weighted by atomic mass is 10.1. The first-order valence-corrected chi connectivity index (χ1v) is 6.43. The van der Waals surface area contributed by atoms with Crippen molar-refractivity contribution < 1.29 is 0 Å². The van der Waals surface area contributed by atoms with Crippen molar-refractivity contribution in [2.75, 3.05) is 19.6 Å². The third-order valence-corrected chi connectivity index (χ3v) is 3.21. The zero-order valence-electron chi connectivity index (χ0n) is 11.6. The molecule has 94 valence electrons. The van der Waals surface area contributed by atoms with Crippen molar-refractivity contribution in [3.05, 3.63) is 12.2 Å². The summed E-state index contributed by atoms with van der Waals surface area (Å²) in [6.45, 7) is 18.6. The van der Waals surface area contributed by atoms with Crippen LogP contribution in [0.15, 0.2) is 12.2 Å². The maximum Gasteiger partial charge on any atom is 0.0205 e. The maximum absolute atomic E-state index is 4.18. The van der Waals surface area contributed by atoms with Crippen LogP contribution < -0.4 is 5.32 Å². The Morgan fingerprint density at radius 2 is 2.00 bits per heavy atom. The van der Waals surface area contributed by atoms with Crippen molar-refractivity contribution in [2.45, 2.75) is 52.6 Å². The number of rotatable bonds is 4. The van der Waals surface area contributed by atoms with Gasteiger partial charge in [-0.3, -0.25) is 4.90 Å². The standard InChI is InChI=1S/C14H28N2/c1-11-7-13(3)16(9-11)10-12(2)8-15-14(4,5)6/h11,13,15H,2,7-10H2,1,3-6H3. The fourth-order valence-corrected chi connectivity index (χ4v) is 2.34. The average Bonchev–Trinajstić information content (AvgIpc) is 2.41. The summed E-state index contributed by atoms with van der Waals surface area (Å²) in [5, 5.41) is 3.50. The summed E-state index contributed by atoms with van der Waals surface area (Å²) in [5.74, 6) is 0.846. The van der Waals surface area contributed by atoms with E-state index in [-0.39, 0.29) is 5.54 Å². The zero-order valence-corrected chi connectivity index (χ0v) is 11.6. The number of hydrogen-bond acceptors (Lipinski definition) is 2. The molecule has 0 aromatic carbocycles. The molecule has 2 atom stereocenters. The van der Waals surface area contributed by atoms with E-state index < -0.39 is 0 Å². The Hall–Kier alpha value is -0.340. The van der Waals surface area contributed by atoms with Crippen LogP contribution in [0.4, 0.5) is 0 Å². The quantitative estimate of drug-likeness (QED) is 0.739. The Morgan fingerprint density at radius 1 is 1.38 bits per heavy atom. The summed E-state index contributed by atoms with van der Waals surface area (Å²) in [5.41, 5.74) is 1.49. The predicted molar refractivity (Wildman–Crippen MR) is 71.7 cm³/mol. The molecule has 0 aromatic heterocycles. The van der Waals surface area contributed by atoms with Gasteiger partial charge in [-0.2, -0.15) is 0 Å². The maximum atomic E-state index is 4.18. The summed E-state index contributed by atoms with van der Waals surface area (Å²) >= 11 is 0. The molecule has 0 bridgehead atoms. The topological polar surface area (TPSA) is 15.3 Å².